The fourth-order valence-corrected chi connectivity index (χ4v) is 4.41. The number of rotatable bonds is 4. The van der Waals surface area contributed by atoms with E-state index in [-0.39, 0.29) is 12.3 Å². The van der Waals surface area contributed by atoms with Crippen LogP contribution in [0.25, 0.3) is 10.9 Å². The summed E-state index contributed by atoms with van der Waals surface area (Å²) in [5.41, 5.74) is 3.02. The highest BCUT2D eigenvalue weighted by molar-refractivity contribution is 6.27. The number of hydrogen-bond acceptors (Lipinski definition) is 5. The Morgan fingerprint density at radius 3 is 2.47 bits per heavy atom. The van der Waals surface area contributed by atoms with Crippen LogP contribution in [0.15, 0.2) is 42.5 Å². The van der Waals surface area contributed by atoms with Gasteiger partial charge in [0, 0.05) is 23.0 Å². The summed E-state index contributed by atoms with van der Waals surface area (Å²) in [6, 6.07) is 9.19. The second-order valence-corrected chi connectivity index (χ2v) is 7.67. The van der Waals surface area contributed by atoms with Crippen LogP contribution in [0.4, 0.5) is 4.39 Å². The quantitative estimate of drug-likeness (QED) is 0.478. The zero-order valence-electron chi connectivity index (χ0n) is 17.4. The number of alkyl halides is 1. The van der Waals surface area contributed by atoms with E-state index in [1.54, 1.807) is 30.3 Å². The van der Waals surface area contributed by atoms with E-state index in [9.17, 15) is 18.8 Å². The molecule has 0 saturated carbocycles. The van der Waals surface area contributed by atoms with E-state index in [1.165, 1.54) is 31.3 Å². The van der Waals surface area contributed by atoms with Crippen LogP contribution in [0.3, 0.4) is 0 Å². The Kier molecular flexibility index (Phi) is 5.88. The number of esters is 2. The lowest BCUT2D eigenvalue weighted by Crippen LogP contribution is -2.52. The molecule has 1 amide bonds. The zero-order valence-corrected chi connectivity index (χ0v) is 18.1. The van der Waals surface area contributed by atoms with E-state index in [4.69, 9.17) is 21.1 Å². The van der Waals surface area contributed by atoms with Gasteiger partial charge in [-0.1, -0.05) is 12.1 Å². The van der Waals surface area contributed by atoms with Crippen molar-refractivity contribution in [2.45, 2.75) is 18.5 Å². The Bertz CT molecular complexity index is 1210. The first kappa shape index (κ1) is 21.8. The predicted octanol–water partition coefficient (Wildman–Crippen LogP) is 3.35. The standard InChI is InChI=1S/C23H20ClFN2O5/c1-31-22(29)13-5-3-12(4-6-13)21-20-16(15-9-14(25)7-8-17(15)26-20)10-18(23(30)32-2)27(21)19(28)11-24/h3-9,18,21,26H,10-11H2,1-2H3/t18-,21+/m1/s1. The van der Waals surface area contributed by atoms with Crippen molar-refractivity contribution in [3.63, 3.8) is 0 Å². The fourth-order valence-electron chi connectivity index (χ4n) is 4.27. The van der Waals surface area contributed by atoms with Gasteiger partial charge in [-0.15, -0.1) is 11.6 Å². The maximum Gasteiger partial charge on any atom is 0.337 e. The minimum Gasteiger partial charge on any atom is -0.467 e. The van der Waals surface area contributed by atoms with Crippen molar-refractivity contribution < 1.29 is 28.2 Å². The Morgan fingerprint density at radius 1 is 1.12 bits per heavy atom. The highest BCUT2D eigenvalue weighted by atomic mass is 35.5. The number of benzene rings is 2. The number of carbonyl (C=O) groups is 3. The van der Waals surface area contributed by atoms with E-state index in [1.807, 2.05) is 0 Å². The number of hydrogen-bond donors (Lipinski definition) is 1. The van der Waals surface area contributed by atoms with Crippen molar-refractivity contribution in [2.24, 2.45) is 0 Å². The van der Waals surface area contributed by atoms with E-state index in [0.717, 1.165) is 5.56 Å². The molecule has 0 spiro atoms. The molecule has 1 aliphatic rings. The number of aromatic amines is 1. The fraction of sp³-hybridized carbons (Fsp3) is 0.261. The van der Waals surface area contributed by atoms with Gasteiger partial charge < -0.3 is 19.4 Å². The van der Waals surface area contributed by atoms with E-state index in [0.29, 0.717) is 27.7 Å². The highest BCUT2D eigenvalue weighted by Crippen LogP contribution is 2.41. The number of carbonyl (C=O) groups excluding carboxylic acids is 3. The molecule has 0 unspecified atom stereocenters. The van der Waals surface area contributed by atoms with Gasteiger partial charge in [-0.25, -0.2) is 14.0 Å². The Labute approximate surface area is 188 Å². The Balaban J connectivity index is 1.94. The summed E-state index contributed by atoms with van der Waals surface area (Å²) >= 11 is 5.90. The average Bonchev–Trinajstić information content (AvgIpc) is 3.18. The molecule has 2 aromatic carbocycles. The zero-order chi connectivity index (χ0) is 23.0. The third-order valence-corrected chi connectivity index (χ3v) is 5.94. The minimum atomic E-state index is -0.952. The van der Waals surface area contributed by atoms with Gasteiger partial charge in [-0.3, -0.25) is 4.79 Å². The van der Waals surface area contributed by atoms with Crippen LogP contribution in [0.2, 0.25) is 0 Å². The summed E-state index contributed by atoms with van der Waals surface area (Å²) in [5.74, 6) is -2.31. The molecule has 2 heterocycles. The van der Waals surface area contributed by atoms with Crippen LogP contribution in [-0.4, -0.2) is 53.9 Å². The van der Waals surface area contributed by atoms with Crippen molar-refractivity contribution in [3.05, 3.63) is 70.7 Å². The third-order valence-electron chi connectivity index (χ3n) is 5.71. The number of fused-ring (bicyclic) bond motifs is 3. The van der Waals surface area contributed by atoms with Gasteiger partial charge in [0.05, 0.1) is 25.8 Å². The van der Waals surface area contributed by atoms with Gasteiger partial charge in [0.15, 0.2) is 0 Å². The molecule has 0 saturated heterocycles. The van der Waals surface area contributed by atoms with Crippen molar-refractivity contribution in [2.75, 3.05) is 20.1 Å². The number of amides is 1. The second-order valence-electron chi connectivity index (χ2n) is 7.40. The van der Waals surface area contributed by atoms with E-state index < -0.39 is 35.7 Å². The molecule has 1 N–H and O–H groups in total. The number of nitrogens with zero attached hydrogens (tertiary/aromatic N) is 1. The largest absolute Gasteiger partial charge is 0.467 e. The minimum absolute atomic E-state index is 0.144. The van der Waals surface area contributed by atoms with Crippen LogP contribution in [0, 0.1) is 5.82 Å². The number of methoxy groups -OCH3 is 2. The molecule has 32 heavy (non-hydrogen) atoms. The van der Waals surface area contributed by atoms with E-state index in [2.05, 4.69) is 4.98 Å². The number of nitrogens with one attached hydrogen (secondary N) is 1. The molecule has 2 atom stereocenters. The maximum absolute atomic E-state index is 14.0. The second kappa shape index (κ2) is 8.63. The van der Waals surface area contributed by atoms with Crippen LogP contribution < -0.4 is 0 Å². The van der Waals surface area contributed by atoms with Crippen LogP contribution in [-0.2, 0) is 25.5 Å². The number of aromatic nitrogens is 1. The third kappa shape index (κ3) is 3.60. The summed E-state index contributed by atoms with van der Waals surface area (Å²) in [6.45, 7) is 0. The van der Waals surface area contributed by atoms with Crippen molar-refractivity contribution in [3.8, 4) is 0 Å². The number of halogens is 2. The van der Waals surface area contributed by atoms with E-state index >= 15 is 0 Å². The molecule has 0 fully saturated rings. The predicted molar refractivity (Wildman–Crippen MR) is 115 cm³/mol. The summed E-state index contributed by atoms with van der Waals surface area (Å²) in [6.07, 6.45) is 0.144. The normalized spacial score (nSPS) is 17.7. The average molecular weight is 459 g/mol. The summed E-state index contributed by atoms with van der Waals surface area (Å²) < 4.78 is 23.7. The van der Waals surface area contributed by atoms with Crippen molar-refractivity contribution in [1.82, 2.24) is 9.88 Å². The Hall–Kier alpha value is -3.39. The lowest BCUT2D eigenvalue weighted by molar-refractivity contribution is -0.154. The monoisotopic (exact) mass is 458 g/mol. The van der Waals surface area contributed by atoms with Gasteiger partial charge >= 0.3 is 11.9 Å². The summed E-state index contributed by atoms with van der Waals surface area (Å²) in [7, 11) is 2.53. The molecule has 9 heteroatoms. The lowest BCUT2D eigenvalue weighted by Gasteiger charge is -2.40. The molecular weight excluding hydrogens is 439 g/mol. The molecule has 7 nitrogen and oxygen atoms in total. The first-order valence-corrected chi connectivity index (χ1v) is 10.4. The number of H-pyrrole nitrogens is 1. The van der Waals surface area contributed by atoms with Crippen LogP contribution in [0.5, 0.6) is 0 Å². The smallest absolute Gasteiger partial charge is 0.337 e. The molecular formula is C23H20ClFN2O5. The molecule has 0 radical (unpaired) electrons. The molecule has 0 aliphatic carbocycles. The molecule has 0 bridgehead atoms. The number of ether oxygens (including phenoxy) is 2. The molecule has 1 aromatic heterocycles. The lowest BCUT2D eigenvalue weighted by atomic mass is 9.87. The summed E-state index contributed by atoms with van der Waals surface area (Å²) in [4.78, 5) is 42.1. The molecule has 1 aliphatic heterocycles. The maximum atomic E-state index is 14.0. The van der Waals surface area contributed by atoms with Gasteiger partial charge in [0.25, 0.3) is 0 Å². The first-order valence-electron chi connectivity index (χ1n) is 9.82. The first-order chi connectivity index (χ1) is 15.4. The van der Waals surface area contributed by atoms with Gasteiger partial charge in [-0.2, -0.15) is 0 Å². The van der Waals surface area contributed by atoms with Crippen molar-refractivity contribution >= 4 is 40.3 Å². The Morgan fingerprint density at radius 2 is 1.84 bits per heavy atom. The topological polar surface area (TPSA) is 88.7 Å². The highest BCUT2D eigenvalue weighted by Gasteiger charge is 2.43. The van der Waals surface area contributed by atoms with Gasteiger partial charge in [-0.05, 0) is 41.5 Å². The SMILES string of the molecule is COC(=O)c1ccc([C@H]2c3[nH]c4ccc(F)cc4c3C[C@H](C(=O)OC)N2C(=O)CCl)cc1. The molecule has 4 rings (SSSR count). The van der Waals surface area contributed by atoms with Gasteiger partial charge in [0.1, 0.15) is 17.7 Å². The van der Waals surface area contributed by atoms with Crippen LogP contribution >= 0.6 is 11.6 Å². The summed E-state index contributed by atoms with van der Waals surface area (Å²) in [5, 5.41) is 0.628. The van der Waals surface area contributed by atoms with Gasteiger partial charge in [0.2, 0.25) is 5.91 Å². The molecule has 166 valence electrons. The van der Waals surface area contributed by atoms with Crippen molar-refractivity contribution in [1.29, 1.82) is 0 Å². The molecule has 3 aromatic rings. The van der Waals surface area contributed by atoms with Crippen LogP contribution in [0.1, 0.15) is 33.2 Å².